The molecule has 1 heterocycles. The summed E-state index contributed by atoms with van der Waals surface area (Å²) in [4.78, 5) is 27.4. The van der Waals surface area contributed by atoms with E-state index in [-0.39, 0.29) is 29.7 Å². The first-order valence-corrected chi connectivity index (χ1v) is 9.04. The van der Waals surface area contributed by atoms with Gasteiger partial charge in [-0.1, -0.05) is 6.07 Å². The molecular weight excluding hydrogens is 386 g/mol. The lowest BCUT2D eigenvalue weighted by Crippen LogP contribution is -2.26. The standard InChI is InChI=1S/C20H24F2N2O5/c1-5-28-19(26)17-11(2)16(12(3)24-17)18(25)23-9-8-13-6-7-14(29-20(21)22)15(10-13)27-4/h6-7,10,20,24H,5,8-9H2,1-4H3,(H,23,25). The molecule has 7 nitrogen and oxygen atoms in total. The van der Waals surface area contributed by atoms with Crippen LogP contribution in [0.3, 0.4) is 0 Å². The van der Waals surface area contributed by atoms with E-state index in [1.54, 1.807) is 32.9 Å². The topological polar surface area (TPSA) is 89.7 Å². The van der Waals surface area contributed by atoms with Gasteiger partial charge in [-0.25, -0.2) is 4.79 Å². The van der Waals surface area contributed by atoms with Crippen LogP contribution in [0.5, 0.6) is 11.5 Å². The molecule has 0 aliphatic carbocycles. The number of nitrogens with one attached hydrogen (secondary N) is 2. The Morgan fingerprint density at radius 2 is 1.93 bits per heavy atom. The fourth-order valence-corrected chi connectivity index (χ4v) is 2.97. The fraction of sp³-hybridized carbons (Fsp3) is 0.400. The summed E-state index contributed by atoms with van der Waals surface area (Å²) in [5, 5.41) is 2.79. The van der Waals surface area contributed by atoms with Crippen molar-refractivity contribution in [1.29, 1.82) is 0 Å². The number of benzene rings is 1. The van der Waals surface area contributed by atoms with Crippen LogP contribution >= 0.6 is 0 Å². The van der Waals surface area contributed by atoms with Gasteiger partial charge in [-0.3, -0.25) is 4.79 Å². The zero-order valence-electron chi connectivity index (χ0n) is 16.7. The molecule has 9 heteroatoms. The molecule has 0 atom stereocenters. The van der Waals surface area contributed by atoms with Gasteiger partial charge >= 0.3 is 12.6 Å². The largest absolute Gasteiger partial charge is 0.493 e. The molecule has 2 N–H and O–H groups in total. The van der Waals surface area contributed by atoms with Crippen LogP contribution in [-0.4, -0.2) is 43.7 Å². The number of amides is 1. The van der Waals surface area contributed by atoms with Crippen molar-refractivity contribution in [2.75, 3.05) is 20.3 Å². The van der Waals surface area contributed by atoms with Gasteiger partial charge in [-0.15, -0.1) is 0 Å². The van der Waals surface area contributed by atoms with E-state index in [0.29, 0.717) is 29.8 Å². The van der Waals surface area contributed by atoms with Gasteiger partial charge in [-0.05, 0) is 50.5 Å². The van der Waals surface area contributed by atoms with Crippen LogP contribution in [-0.2, 0) is 11.2 Å². The van der Waals surface area contributed by atoms with Crippen molar-refractivity contribution in [2.45, 2.75) is 33.8 Å². The number of rotatable bonds is 9. The van der Waals surface area contributed by atoms with Crippen molar-refractivity contribution in [3.8, 4) is 11.5 Å². The van der Waals surface area contributed by atoms with Crippen LogP contribution < -0.4 is 14.8 Å². The Balaban J connectivity index is 2.02. The highest BCUT2D eigenvalue weighted by Gasteiger charge is 2.22. The third-order valence-corrected chi connectivity index (χ3v) is 4.29. The molecule has 29 heavy (non-hydrogen) atoms. The number of hydrogen-bond donors (Lipinski definition) is 2. The molecule has 0 fully saturated rings. The number of aryl methyl sites for hydroxylation is 1. The molecule has 158 valence electrons. The molecule has 1 aromatic carbocycles. The van der Waals surface area contributed by atoms with Crippen molar-refractivity contribution >= 4 is 11.9 Å². The molecule has 0 bridgehead atoms. The highest BCUT2D eigenvalue weighted by Crippen LogP contribution is 2.29. The highest BCUT2D eigenvalue weighted by molar-refractivity contribution is 6.01. The van der Waals surface area contributed by atoms with Gasteiger partial charge in [-0.2, -0.15) is 8.78 Å². The van der Waals surface area contributed by atoms with Crippen molar-refractivity contribution in [1.82, 2.24) is 10.3 Å². The molecule has 2 aromatic rings. The minimum atomic E-state index is -2.94. The number of carbonyl (C=O) groups excluding carboxylic acids is 2. The lowest BCUT2D eigenvalue weighted by atomic mass is 10.1. The van der Waals surface area contributed by atoms with Crippen LogP contribution in [0.4, 0.5) is 8.78 Å². The van der Waals surface area contributed by atoms with Crippen LogP contribution in [0, 0.1) is 13.8 Å². The fourth-order valence-electron chi connectivity index (χ4n) is 2.97. The predicted molar refractivity (Wildman–Crippen MR) is 102 cm³/mol. The van der Waals surface area contributed by atoms with Crippen molar-refractivity contribution in [2.24, 2.45) is 0 Å². The van der Waals surface area contributed by atoms with E-state index in [0.717, 1.165) is 5.56 Å². The number of esters is 1. The molecule has 0 aliphatic rings. The molecular formula is C20H24F2N2O5. The quantitative estimate of drug-likeness (QED) is 0.619. The second kappa shape index (κ2) is 9.90. The summed E-state index contributed by atoms with van der Waals surface area (Å²) in [5.41, 5.74) is 2.52. The number of carbonyl (C=O) groups is 2. The van der Waals surface area contributed by atoms with Crippen LogP contribution in [0.15, 0.2) is 18.2 Å². The Morgan fingerprint density at radius 1 is 1.21 bits per heavy atom. The number of aromatic amines is 1. The number of methoxy groups -OCH3 is 1. The first-order valence-electron chi connectivity index (χ1n) is 9.04. The lowest BCUT2D eigenvalue weighted by molar-refractivity contribution is -0.0512. The Morgan fingerprint density at radius 3 is 2.55 bits per heavy atom. The molecule has 1 aromatic heterocycles. The summed E-state index contributed by atoms with van der Waals surface area (Å²) in [6, 6.07) is 4.60. The van der Waals surface area contributed by atoms with Gasteiger partial charge in [0, 0.05) is 12.2 Å². The molecule has 1 amide bonds. The molecule has 0 saturated heterocycles. The first-order chi connectivity index (χ1) is 13.8. The highest BCUT2D eigenvalue weighted by atomic mass is 19.3. The maximum Gasteiger partial charge on any atom is 0.387 e. The molecule has 0 unspecified atom stereocenters. The second-order valence-corrected chi connectivity index (χ2v) is 6.22. The minimum absolute atomic E-state index is 0.0552. The molecule has 0 spiro atoms. The van der Waals surface area contributed by atoms with Gasteiger partial charge in [0.2, 0.25) is 0 Å². The maximum atomic E-state index is 12.6. The van der Waals surface area contributed by atoms with Crippen LogP contribution in [0.25, 0.3) is 0 Å². The Hall–Kier alpha value is -3.10. The number of halogens is 2. The van der Waals surface area contributed by atoms with E-state index in [1.165, 1.54) is 13.2 Å². The first kappa shape index (κ1) is 22.2. The van der Waals surface area contributed by atoms with Crippen LogP contribution in [0.2, 0.25) is 0 Å². The van der Waals surface area contributed by atoms with Gasteiger partial charge in [0.1, 0.15) is 5.69 Å². The molecule has 2 rings (SSSR count). The zero-order chi connectivity index (χ0) is 21.6. The number of hydrogen-bond acceptors (Lipinski definition) is 5. The van der Waals surface area contributed by atoms with Crippen molar-refractivity contribution in [3.63, 3.8) is 0 Å². The zero-order valence-corrected chi connectivity index (χ0v) is 16.7. The Bertz CT molecular complexity index is 880. The molecule has 0 aliphatic heterocycles. The van der Waals surface area contributed by atoms with E-state index in [9.17, 15) is 18.4 Å². The summed E-state index contributed by atoms with van der Waals surface area (Å²) in [6.07, 6.45) is 0.449. The summed E-state index contributed by atoms with van der Waals surface area (Å²) in [7, 11) is 1.36. The number of aromatic nitrogens is 1. The third kappa shape index (κ3) is 5.46. The van der Waals surface area contributed by atoms with E-state index in [1.807, 2.05) is 0 Å². The number of ether oxygens (including phenoxy) is 3. The Labute approximate surface area is 167 Å². The average Bonchev–Trinajstić information content (AvgIpc) is 2.96. The predicted octanol–water partition coefficient (Wildman–Crippen LogP) is 3.39. The lowest BCUT2D eigenvalue weighted by Gasteiger charge is -2.12. The second-order valence-electron chi connectivity index (χ2n) is 6.22. The summed E-state index contributed by atoms with van der Waals surface area (Å²) in [6.45, 7) is 2.69. The SMILES string of the molecule is CCOC(=O)c1[nH]c(C)c(C(=O)NCCc2ccc(OC(F)F)c(OC)c2)c1C. The van der Waals surface area contributed by atoms with E-state index in [2.05, 4.69) is 15.0 Å². The van der Waals surface area contributed by atoms with E-state index < -0.39 is 12.6 Å². The van der Waals surface area contributed by atoms with Gasteiger partial charge in [0.25, 0.3) is 5.91 Å². The normalized spacial score (nSPS) is 10.7. The molecule has 0 saturated carbocycles. The van der Waals surface area contributed by atoms with Crippen molar-refractivity contribution < 1.29 is 32.6 Å². The third-order valence-electron chi connectivity index (χ3n) is 4.29. The van der Waals surface area contributed by atoms with Gasteiger partial charge in [0.15, 0.2) is 11.5 Å². The van der Waals surface area contributed by atoms with E-state index in [4.69, 9.17) is 9.47 Å². The summed E-state index contributed by atoms with van der Waals surface area (Å²) in [5.74, 6) is -0.701. The molecule has 0 radical (unpaired) electrons. The summed E-state index contributed by atoms with van der Waals surface area (Å²) >= 11 is 0. The average molecular weight is 410 g/mol. The van der Waals surface area contributed by atoms with Crippen LogP contribution in [0.1, 0.15) is 44.6 Å². The number of H-pyrrole nitrogens is 1. The summed E-state index contributed by atoms with van der Waals surface area (Å²) < 4.78 is 39.2. The smallest absolute Gasteiger partial charge is 0.387 e. The van der Waals surface area contributed by atoms with Crippen molar-refractivity contribution in [3.05, 3.63) is 46.3 Å². The van der Waals surface area contributed by atoms with Gasteiger partial charge < -0.3 is 24.5 Å². The number of alkyl halides is 2. The minimum Gasteiger partial charge on any atom is -0.493 e. The monoisotopic (exact) mass is 410 g/mol. The van der Waals surface area contributed by atoms with Gasteiger partial charge in [0.05, 0.1) is 19.3 Å². The maximum absolute atomic E-state index is 12.6. The van der Waals surface area contributed by atoms with E-state index >= 15 is 0 Å². The Kier molecular flexibility index (Phi) is 7.58.